The van der Waals surface area contributed by atoms with Crippen LogP contribution in [-0.2, 0) is 0 Å². The maximum Gasteiger partial charge on any atom is 0.259 e. The number of rotatable bonds is 5. The van der Waals surface area contributed by atoms with E-state index in [2.05, 4.69) is 5.32 Å². The lowest BCUT2D eigenvalue weighted by molar-refractivity contribution is 0.102. The quantitative estimate of drug-likeness (QED) is 0.289. The topological polar surface area (TPSA) is 59.8 Å². The van der Waals surface area contributed by atoms with Crippen LogP contribution in [0.5, 0.6) is 0 Å². The number of hydrogen-bond acceptors (Lipinski definition) is 4. The lowest BCUT2D eigenvalue weighted by Gasteiger charge is -2.05. The molecular formula is C26H18ClFN4OS. The van der Waals surface area contributed by atoms with E-state index < -0.39 is 0 Å². The summed E-state index contributed by atoms with van der Waals surface area (Å²) in [6.45, 7) is 1.90. The molecule has 0 atom stereocenters. The van der Waals surface area contributed by atoms with Crippen molar-refractivity contribution >= 4 is 34.5 Å². The fraction of sp³-hybridized carbons (Fsp3) is 0.0385. The highest BCUT2D eigenvalue weighted by atomic mass is 35.5. The Labute approximate surface area is 204 Å². The number of nitrogens with zero attached hydrogens (tertiary/aromatic N) is 3. The van der Waals surface area contributed by atoms with Crippen LogP contribution in [-0.4, -0.2) is 20.7 Å². The van der Waals surface area contributed by atoms with Crippen molar-refractivity contribution in [3.63, 3.8) is 0 Å². The average molecular weight is 489 g/mol. The molecule has 3 aromatic carbocycles. The van der Waals surface area contributed by atoms with Gasteiger partial charge in [-0.3, -0.25) is 4.79 Å². The van der Waals surface area contributed by atoms with Crippen LogP contribution in [0.1, 0.15) is 16.1 Å². The van der Waals surface area contributed by atoms with E-state index in [0.717, 1.165) is 26.8 Å². The Morgan fingerprint density at radius 2 is 1.71 bits per heavy atom. The Bertz CT molecular complexity index is 1460. The zero-order valence-electron chi connectivity index (χ0n) is 18.0. The first kappa shape index (κ1) is 22.0. The first-order chi connectivity index (χ1) is 16.5. The van der Waals surface area contributed by atoms with E-state index in [1.807, 2.05) is 61.5 Å². The highest BCUT2D eigenvalue weighted by molar-refractivity contribution is 7.18. The molecule has 34 heavy (non-hydrogen) atoms. The molecule has 2 aromatic heterocycles. The van der Waals surface area contributed by atoms with Gasteiger partial charge in [0.15, 0.2) is 0 Å². The Morgan fingerprint density at radius 3 is 2.41 bits per heavy atom. The van der Waals surface area contributed by atoms with Crippen LogP contribution >= 0.6 is 22.9 Å². The van der Waals surface area contributed by atoms with E-state index in [1.54, 1.807) is 10.9 Å². The molecule has 5 aromatic rings. The summed E-state index contributed by atoms with van der Waals surface area (Å²) < 4.78 is 15.0. The molecule has 8 heteroatoms. The van der Waals surface area contributed by atoms with E-state index in [9.17, 15) is 9.18 Å². The molecular weight excluding hydrogens is 471 g/mol. The molecule has 168 valence electrons. The predicted octanol–water partition coefficient (Wildman–Crippen LogP) is 7.02. The molecule has 0 spiro atoms. The zero-order chi connectivity index (χ0) is 23.7. The third-order valence-corrected chi connectivity index (χ3v) is 6.65. The van der Waals surface area contributed by atoms with Gasteiger partial charge >= 0.3 is 0 Å². The number of para-hydroxylation sites is 1. The number of anilines is 1. The minimum Gasteiger partial charge on any atom is -0.322 e. The summed E-state index contributed by atoms with van der Waals surface area (Å²) in [5.74, 6) is -0.713. The van der Waals surface area contributed by atoms with Gasteiger partial charge in [0.1, 0.15) is 16.5 Å². The van der Waals surface area contributed by atoms with Crippen LogP contribution < -0.4 is 5.32 Å². The van der Waals surface area contributed by atoms with Crippen LogP contribution in [0.4, 0.5) is 10.1 Å². The molecule has 0 aliphatic carbocycles. The summed E-state index contributed by atoms with van der Waals surface area (Å²) in [6, 6.07) is 22.7. The van der Waals surface area contributed by atoms with Gasteiger partial charge in [0.25, 0.3) is 5.91 Å². The molecule has 0 saturated carbocycles. The number of benzene rings is 3. The number of thiazole rings is 1. The maximum absolute atomic E-state index is 13.3. The second-order valence-electron chi connectivity index (χ2n) is 7.57. The normalized spacial score (nSPS) is 10.9. The second kappa shape index (κ2) is 9.21. The number of halogens is 2. The molecule has 2 heterocycles. The third kappa shape index (κ3) is 4.48. The van der Waals surface area contributed by atoms with Gasteiger partial charge in [0, 0.05) is 22.5 Å². The van der Waals surface area contributed by atoms with Crippen LogP contribution in [0.15, 0.2) is 85.1 Å². The summed E-state index contributed by atoms with van der Waals surface area (Å²) in [7, 11) is 0. The lowest BCUT2D eigenvalue weighted by Crippen LogP contribution is -2.12. The molecule has 0 aliphatic rings. The van der Waals surface area contributed by atoms with Gasteiger partial charge in [0.05, 0.1) is 21.8 Å². The fourth-order valence-corrected chi connectivity index (χ4v) is 4.68. The fourth-order valence-electron chi connectivity index (χ4n) is 3.48. The predicted molar refractivity (Wildman–Crippen MR) is 134 cm³/mol. The van der Waals surface area contributed by atoms with Crippen molar-refractivity contribution in [2.24, 2.45) is 0 Å². The molecule has 0 aliphatic heterocycles. The number of aryl methyl sites for hydroxylation is 1. The van der Waals surface area contributed by atoms with Gasteiger partial charge in [-0.25, -0.2) is 14.1 Å². The Hall–Kier alpha value is -3.81. The lowest BCUT2D eigenvalue weighted by atomic mass is 10.2. The summed E-state index contributed by atoms with van der Waals surface area (Å²) in [6.07, 6.45) is 1.70. The van der Waals surface area contributed by atoms with Crippen molar-refractivity contribution in [1.82, 2.24) is 14.8 Å². The maximum atomic E-state index is 13.3. The smallest absolute Gasteiger partial charge is 0.259 e. The van der Waals surface area contributed by atoms with Crippen molar-refractivity contribution in [3.8, 4) is 26.8 Å². The number of amides is 1. The van der Waals surface area contributed by atoms with Gasteiger partial charge < -0.3 is 5.32 Å². The number of nitrogens with one attached hydrogen (secondary N) is 1. The number of aromatic nitrogens is 3. The Kier molecular flexibility index (Phi) is 5.96. The molecule has 1 N–H and O–H groups in total. The highest BCUT2D eigenvalue weighted by Crippen LogP contribution is 2.37. The molecule has 5 nitrogen and oxygen atoms in total. The van der Waals surface area contributed by atoms with E-state index in [-0.39, 0.29) is 11.7 Å². The SMILES string of the molecule is Cc1nc(-c2ccc(Cl)cc2)sc1-c1nn(-c2ccccc2)cc1C(=O)Nc1ccc(F)cc1. The zero-order valence-corrected chi connectivity index (χ0v) is 19.6. The van der Waals surface area contributed by atoms with Crippen molar-refractivity contribution in [2.45, 2.75) is 6.92 Å². The van der Waals surface area contributed by atoms with E-state index in [0.29, 0.717) is 22.0 Å². The number of hydrogen-bond donors (Lipinski definition) is 1. The molecule has 1 amide bonds. The molecule has 0 fully saturated rings. The van der Waals surface area contributed by atoms with Crippen molar-refractivity contribution < 1.29 is 9.18 Å². The van der Waals surface area contributed by atoms with E-state index >= 15 is 0 Å². The minimum atomic E-state index is -0.370. The Morgan fingerprint density at radius 1 is 1.00 bits per heavy atom. The van der Waals surface area contributed by atoms with Crippen LogP contribution in [0.25, 0.3) is 26.8 Å². The van der Waals surface area contributed by atoms with Gasteiger partial charge in [0.2, 0.25) is 0 Å². The van der Waals surface area contributed by atoms with Crippen LogP contribution in [0.2, 0.25) is 5.02 Å². The summed E-state index contributed by atoms with van der Waals surface area (Å²) >= 11 is 7.49. The van der Waals surface area contributed by atoms with E-state index in [4.69, 9.17) is 21.7 Å². The van der Waals surface area contributed by atoms with Crippen molar-refractivity contribution in [3.05, 3.63) is 107 Å². The summed E-state index contributed by atoms with van der Waals surface area (Å²) in [5.41, 5.74) is 3.94. The van der Waals surface area contributed by atoms with Crippen molar-refractivity contribution in [1.29, 1.82) is 0 Å². The Balaban J connectivity index is 1.58. The summed E-state index contributed by atoms with van der Waals surface area (Å²) in [5, 5.41) is 9.05. The minimum absolute atomic E-state index is 0.343. The van der Waals surface area contributed by atoms with Gasteiger partial charge in [-0.1, -0.05) is 41.9 Å². The second-order valence-corrected chi connectivity index (χ2v) is 9.01. The average Bonchev–Trinajstić information content (AvgIpc) is 3.45. The van der Waals surface area contributed by atoms with Crippen molar-refractivity contribution in [2.75, 3.05) is 5.32 Å². The van der Waals surface area contributed by atoms with E-state index in [1.165, 1.54) is 35.6 Å². The highest BCUT2D eigenvalue weighted by Gasteiger charge is 2.23. The standard InChI is InChI=1S/C26H18ClFN4OS/c1-16-24(34-26(29-16)17-7-9-18(27)10-8-17)23-22(15-32(31-23)21-5-3-2-4-6-21)25(33)30-20-13-11-19(28)12-14-20/h2-15H,1H3,(H,30,33). The van der Waals surface area contributed by atoms with Gasteiger partial charge in [-0.05, 0) is 55.5 Å². The molecule has 5 rings (SSSR count). The molecule has 0 saturated heterocycles. The third-order valence-electron chi connectivity index (χ3n) is 5.18. The molecule has 0 unspecified atom stereocenters. The number of carbonyl (C=O) groups is 1. The van der Waals surface area contributed by atoms with Crippen LogP contribution in [0.3, 0.4) is 0 Å². The van der Waals surface area contributed by atoms with Gasteiger partial charge in [-0.15, -0.1) is 11.3 Å². The molecule has 0 radical (unpaired) electrons. The van der Waals surface area contributed by atoms with Gasteiger partial charge in [-0.2, -0.15) is 5.10 Å². The summed E-state index contributed by atoms with van der Waals surface area (Å²) in [4.78, 5) is 18.8. The molecule has 0 bridgehead atoms. The number of carbonyl (C=O) groups excluding carboxylic acids is 1. The first-order valence-corrected chi connectivity index (χ1v) is 11.6. The largest absolute Gasteiger partial charge is 0.322 e. The monoisotopic (exact) mass is 488 g/mol. The first-order valence-electron chi connectivity index (χ1n) is 10.4. The van der Waals surface area contributed by atoms with Crippen LogP contribution in [0, 0.1) is 12.7 Å².